The Labute approximate surface area is 281 Å². The zero-order valence-electron chi connectivity index (χ0n) is 29.1. The van der Waals surface area contributed by atoms with Gasteiger partial charge in [0.15, 0.2) is 0 Å². The molecule has 10 unspecified atom stereocenters. The molecule has 0 bridgehead atoms. The van der Waals surface area contributed by atoms with Crippen LogP contribution in [0.3, 0.4) is 0 Å². The molecular formula is C36H57N3O8. The number of amides is 1. The van der Waals surface area contributed by atoms with Gasteiger partial charge in [0.2, 0.25) is 6.54 Å². The fraction of sp³-hybridized carbons (Fsp3) is 0.750. The molecule has 3 rings (SSSR count). The van der Waals surface area contributed by atoms with Crippen LogP contribution in [-0.4, -0.2) is 119 Å². The number of ether oxygens (including phenoxy) is 3. The van der Waals surface area contributed by atoms with Gasteiger partial charge in [-0.25, -0.2) is 11.4 Å². The van der Waals surface area contributed by atoms with Crippen LogP contribution in [0.5, 0.6) is 0 Å². The number of hydrogen-bond donors (Lipinski definition) is 3. The average Bonchev–Trinajstić information content (AvgIpc) is 3.79. The van der Waals surface area contributed by atoms with Crippen LogP contribution in [-0.2, 0) is 19.0 Å². The van der Waals surface area contributed by atoms with E-state index >= 15 is 0 Å². The van der Waals surface area contributed by atoms with Crippen molar-refractivity contribution in [2.24, 2.45) is 17.8 Å². The quantitative estimate of drug-likeness (QED) is 0.0984. The number of aliphatic hydroxyl groups excluding tert-OH is 2. The molecule has 3 N–H and O–H groups in total. The minimum Gasteiger partial charge on any atom is -0.457 e. The molecule has 0 radical (unpaired) electrons. The predicted molar refractivity (Wildman–Crippen MR) is 179 cm³/mol. The van der Waals surface area contributed by atoms with Crippen LogP contribution in [0.15, 0.2) is 36.0 Å². The second-order valence-electron chi connectivity index (χ2n) is 13.9. The Morgan fingerprint density at radius 2 is 1.94 bits per heavy atom. The van der Waals surface area contributed by atoms with Crippen molar-refractivity contribution >= 4 is 12.1 Å². The molecule has 264 valence electrons. The van der Waals surface area contributed by atoms with E-state index in [1.807, 2.05) is 52.8 Å². The lowest BCUT2D eigenvalue weighted by Gasteiger charge is -2.34. The maximum Gasteiger partial charge on any atom is 0.410 e. The number of esters is 1. The van der Waals surface area contributed by atoms with Gasteiger partial charge in [-0.2, -0.15) is 0 Å². The summed E-state index contributed by atoms with van der Waals surface area (Å²) in [5.41, 5.74) is -0.379. The van der Waals surface area contributed by atoms with Crippen molar-refractivity contribution in [3.8, 4) is 0 Å². The van der Waals surface area contributed by atoms with Gasteiger partial charge in [0.05, 0.1) is 43.0 Å². The molecule has 11 heteroatoms. The SMILES string of the molecule is [C-]#[N+]CCN1CCN(C(=O)OC2C=CC(C)C(C(C)=CC=CC(C)(O)CC3OC3C(C)C(O)CC)OC(=O)CC(O)CCC2C)CC1. The van der Waals surface area contributed by atoms with Crippen LogP contribution in [0.1, 0.15) is 73.6 Å². The molecule has 3 aliphatic heterocycles. The molecule has 10 atom stereocenters. The first kappa shape index (κ1) is 38.7. The number of rotatable bonds is 11. The molecule has 0 spiro atoms. The second kappa shape index (κ2) is 18.1. The molecule has 1 amide bonds. The Bertz CT molecular complexity index is 1160. The van der Waals surface area contributed by atoms with Gasteiger partial charge >= 0.3 is 12.1 Å². The van der Waals surface area contributed by atoms with Crippen molar-refractivity contribution in [1.82, 2.24) is 9.80 Å². The summed E-state index contributed by atoms with van der Waals surface area (Å²) in [5, 5.41) is 31.7. The molecular weight excluding hydrogens is 602 g/mol. The highest BCUT2D eigenvalue weighted by atomic mass is 16.6. The van der Waals surface area contributed by atoms with Crippen LogP contribution in [0, 0.1) is 24.3 Å². The molecule has 0 aromatic heterocycles. The standard InChI is InChI=1S/C36H57N3O8/c1-8-29(41)27(5)34-31(45-34)23-36(6,44)15-9-10-25(3)33-26(4)12-14-30(24(2)11-13-28(40)22-32(42)47-33)46-35(43)39-20-18-38(19-21-39)17-16-37-7/h9-10,12,14-15,24,26-31,33-34,40-41,44H,8,11,13,16-23H2,1-6H3. The number of aliphatic hydroxyl groups is 3. The summed E-state index contributed by atoms with van der Waals surface area (Å²) < 4.78 is 17.6. The van der Waals surface area contributed by atoms with E-state index in [9.17, 15) is 24.9 Å². The number of allylic oxidation sites excluding steroid dienone is 2. The van der Waals surface area contributed by atoms with Gasteiger partial charge in [-0.15, -0.1) is 0 Å². The maximum absolute atomic E-state index is 13.2. The Morgan fingerprint density at radius 1 is 1.23 bits per heavy atom. The van der Waals surface area contributed by atoms with E-state index in [4.69, 9.17) is 20.8 Å². The van der Waals surface area contributed by atoms with Crippen LogP contribution < -0.4 is 0 Å². The summed E-state index contributed by atoms with van der Waals surface area (Å²) >= 11 is 0. The van der Waals surface area contributed by atoms with Gasteiger partial charge in [-0.3, -0.25) is 9.69 Å². The first-order valence-electron chi connectivity index (χ1n) is 17.2. The van der Waals surface area contributed by atoms with Crippen LogP contribution in [0.25, 0.3) is 4.85 Å². The summed E-state index contributed by atoms with van der Waals surface area (Å²) in [4.78, 5) is 33.3. The van der Waals surface area contributed by atoms with Crippen LogP contribution in [0.4, 0.5) is 4.79 Å². The van der Waals surface area contributed by atoms with Gasteiger partial charge in [0, 0.05) is 44.4 Å². The molecule has 0 aliphatic carbocycles. The van der Waals surface area contributed by atoms with Gasteiger partial charge in [-0.05, 0) is 50.7 Å². The third-order valence-electron chi connectivity index (χ3n) is 9.70. The number of nitrogens with zero attached hydrogens (tertiary/aromatic N) is 3. The van der Waals surface area contributed by atoms with Crippen molar-refractivity contribution in [3.05, 3.63) is 47.4 Å². The van der Waals surface area contributed by atoms with Gasteiger partial charge < -0.3 is 39.3 Å². The van der Waals surface area contributed by atoms with E-state index in [1.54, 1.807) is 24.0 Å². The first-order chi connectivity index (χ1) is 22.2. The molecule has 2 saturated heterocycles. The molecule has 2 fully saturated rings. The summed E-state index contributed by atoms with van der Waals surface area (Å²) in [6, 6.07) is 0. The van der Waals surface area contributed by atoms with Gasteiger partial charge in [0.25, 0.3) is 0 Å². The summed E-state index contributed by atoms with van der Waals surface area (Å²) in [7, 11) is 0. The topological polar surface area (TPSA) is 137 Å². The van der Waals surface area contributed by atoms with E-state index in [1.165, 1.54) is 0 Å². The molecule has 3 heterocycles. The molecule has 3 aliphatic rings. The number of piperazine rings is 1. The highest BCUT2D eigenvalue weighted by Gasteiger charge is 2.47. The number of carbonyl (C=O) groups excluding carboxylic acids is 2. The summed E-state index contributed by atoms with van der Waals surface area (Å²) in [5.74, 6) is -0.846. The first-order valence-corrected chi connectivity index (χ1v) is 17.2. The molecule has 0 aromatic rings. The summed E-state index contributed by atoms with van der Waals surface area (Å²) in [6.07, 6.45) is 7.84. The molecule has 47 heavy (non-hydrogen) atoms. The zero-order valence-corrected chi connectivity index (χ0v) is 29.1. The third-order valence-corrected chi connectivity index (χ3v) is 9.70. The minimum atomic E-state index is -1.14. The smallest absolute Gasteiger partial charge is 0.410 e. The van der Waals surface area contributed by atoms with Crippen molar-refractivity contribution < 1.29 is 39.1 Å². The van der Waals surface area contributed by atoms with Crippen molar-refractivity contribution in [3.63, 3.8) is 0 Å². The number of carbonyl (C=O) groups is 2. The number of cyclic esters (lactones) is 1. The lowest BCUT2D eigenvalue weighted by molar-refractivity contribution is -0.151. The second-order valence-corrected chi connectivity index (χ2v) is 13.9. The molecule has 0 saturated carbocycles. The highest BCUT2D eigenvalue weighted by molar-refractivity contribution is 5.70. The van der Waals surface area contributed by atoms with E-state index in [0.717, 1.165) is 5.57 Å². The number of epoxide rings is 1. The van der Waals surface area contributed by atoms with Crippen molar-refractivity contribution in [1.29, 1.82) is 0 Å². The third kappa shape index (κ3) is 12.3. The Balaban J connectivity index is 1.68. The van der Waals surface area contributed by atoms with Crippen molar-refractivity contribution in [2.45, 2.75) is 116 Å². The van der Waals surface area contributed by atoms with Crippen LogP contribution >= 0.6 is 0 Å². The number of hydrogen-bond acceptors (Lipinski definition) is 9. The van der Waals surface area contributed by atoms with E-state index < -0.39 is 36.0 Å². The minimum absolute atomic E-state index is 0.000714. The lowest BCUT2D eigenvalue weighted by atomic mass is 9.91. The maximum atomic E-state index is 13.2. The monoisotopic (exact) mass is 659 g/mol. The largest absolute Gasteiger partial charge is 0.457 e. The van der Waals surface area contributed by atoms with Gasteiger partial charge in [-0.1, -0.05) is 52.0 Å². The zero-order chi connectivity index (χ0) is 34.7. The normalized spacial score (nSPS) is 32.3. The average molecular weight is 660 g/mol. The Morgan fingerprint density at radius 3 is 2.60 bits per heavy atom. The predicted octanol–water partition coefficient (Wildman–Crippen LogP) is 4.13. The van der Waals surface area contributed by atoms with Crippen molar-refractivity contribution in [2.75, 3.05) is 39.3 Å². The van der Waals surface area contributed by atoms with E-state index in [-0.39, 0.29) is 42.5 Å². The van der Waals surface area contributed by atoms with E-state index in [0.29, 0.717) is 65.0 Å². The Kier molecular flexibility index (Phi) is 14.9. The van der Waals surface area contributed by atoms with Crippen LogP contribution in [0.2, 0.25) is 0 Å². The highest BCUT2D eigenvalue weighted by Crippen LogP contribution is 2.37. The Hall–Kier alpha value is -2.75. The van der Waals surface area contributed by atoms with Gasteiger partial charge in [0.1, 0.15) is 12.2 Å². The fourth-order valence-electron chi connectivity index (χ4n) is 6.34. The molecule has 11 nitrogen and oxygen atoms in total. The van der Waals surface area contributed by atoms with E-state index in [2.05, 4.69) is 9.74 Å². The summed E-state index contributed by atoms with van der Waals surface area (Å²) in [6.45, 7) is 22.0. The lowest BCUT2D eigenvalue weighted by Crippen LogP contribution is -2.50. The fourth-order valence-corrected chi connectivity index (χ4v) is 6.34. The molecule has 0 aromatic carbocycles.